The Labute approximate surface area is 152 Å². The number of hydrogen-bond acceptors (Lipinski definition) is 2. The number of nitrogens with one attached hydrogen (secondary N) is 1. The van der Waals surface area contributed by atoms with Gasteiger partial charge in [0.05, 0.1) is 6.42 Å². The molecule has 0 aliphatic heterocycles. The molecule has 0 bridgehead atoms. The molecule has 2 amide bonds. The van der Waals surface area contributed by atoms with Crippen molar-refractivity contribution in [3.8, 4) is 0 Å². The number of hydrogen-bond donors (Lipinski definition) is 2. The van der Waals surface area contributed by atoms with Crippen LogP contribution in [0.4, 0.5) is 5.69 Å². The molecule has 0 radical (unpaired) electrons. The minimum Gasteiger partial charge on any atom is -0.369 e. The van der Waals surface area contributed by atoms with E-state index < -0.39 is 0 Å². The highest BCUT2D eigenvalue weighted by molar-refractivity contribution is 5.96. The second-order valence-electron chi connectivity index (χ2n) is 6.85. The van der Waals surface area contributed by atoms with Crippen molar-refractivity contribution in [3.63, 3.8) is 0 Å². The van der Waals surface area contributed by atoms with E-state index in [0.29, 0.717) is 0 Å². The number of anilines is 1. The molecule has 4 heteroatoms. The van der Waals surface area contributed by atoms with Gasteiger partial charge in [0.1, 0.15) is 0 Å². The molecule has 26 heavy (non-hydrogen) atoms. The average Bonchev–Trinajstić information content (AvgIpc) is 3.43. The Bertz CT molecular complexity index is 974. The first-order valence-corrected chi connectivity index (χ1v) is 8.77. The summed E-state index contributed by atoms with van der Waals surface area (Å²) in [6.07, 6.45) is 1.08. The van der Waals surface area contributed by atoms with E-state index in [1.54, 1.807) is 0 Å². The second-order valence-corrected chi connectivity index (χ2v) is 6.85. The number of benzene rings is 3. The number of amides is 2. The molecule has 0 unspecified atom stereocenters. The van der Waals surface area contributed by atoms with Crippen LogP contribution in [0.3, 0.4) is 0 Å². The molecule has 130 valence electrons. The maximum Gasteiger partial charge on any atom is 0.228 e. The van der Waals surface area contributed by atoms with Crippen LogP contribution in [0.15, 0.2) is 66.7 Å². The number of primary amides is 1. The molecule has 0 saturated heterocycles. The first kappa shape index (κ1) is 16.3. The Kier molecular flexibility index (Phi) is 4.17. The van der Waals surface area contributed by atoms with Gasteiger partial charge in [-0.05, 0) is 46.4 Å². The predicted octanol–water partition coefficient (Wildman–Crippen LogP) is 3.61. The van der Waals surface area contributed by atoms with E-state index in [2.05, 4.69) is 35.6 Å². The third kappa shape index (κ3) is 3.31. The maximum absolute atomic E-state index is 12.6. The number of rotatable bonds is 5. The largest absolute Gasteiger partial charge is 0.369 e. The molecular weight excluding hydrogens is 324 g/mol. The molecule has 3 N–H and O–H groups in total. The van der Waals surface area contributed by atoms with Gasteiger partial charge in [-0.1, -0.05) is 54.6 Å². The highest BCUT2D eigenvalue weighted by atomic mass is 16.2. The van der Waals surface area contributed by atoms with Gasteiger partial charge in [0.15, 0.2) is 0 Å². The van der Waals surface area contributed by atoms with Crippen molar-refractivity contribution in [2.75, 3.05) is 5.32 Å². The maximum atomic E-state index is 12.6. The smallest absolute Gasteiger partial charge is 0.228 e. The van der Waals surface area contributed by atoms with Gasteiger partial charge < -0.3 is 11.1 Å². The van der Waals surface area contributed by atoms with E-state index in [-0.39, 0.29) is 30.1 Å². The van der Waals surface area contributed by atoms with Gasteiger partial charge in [-0.2, -0.15) is 0 Å². The lowest BCUT2D eigenvalue weighted by molar-refractivity contribution is -0.118. The van der Waals surface area contributed by atoms with E-state index >= 15 is 0 Å². The van der Waals surface area contributed by atoms with Gasteiger partial charge in [0, 0.05) is 11.6 Å². The van der Waals surface area contributed by atoms with Crippen molar-refractivity contribution < 1.29 is 9.59 Å². The summed E-state index contributed by atoms with van der Waals surface area (Å²) < 4.78 is 0. The minimum absolute atomic E-state index is 0.00565. The van der Waals surface area contributed by atoms with Crippen molar-refractivity contribution in [3.05, 3.63) is 77.9 Å². The summed E-state index contributed by atoms with van der Waals surface area (Å²) in [5, 5.41) is 5.41. The topological polar surface area (TPSA) is 72.2 Å². The quantitative estimate of drug-likeness (QED) is 0.742. The molecule has 0 spiro atoms. The molecular formula is C22H20N2O2. The molecule has 3 aromatic carbocycles. The summed E-state index contributed by atoms with van der Waals surface area (Å²) >= 11 is 0. The monoisotopic (exact) mass is 344 g/mol. The van der Waals surface area contributed by atoms with E-state index in [9.17, 15) is 9.59 Å². The number of carbonyl (C=O) groups excluding carboxylic acids is 2. The van der Waals surface area contributed by atoms with Gasteiger partial charge in [-0.15, -0.1) is 0 Å². The molecule has 1 fully saturated rings. The summed E-state index contributed by atoms with van der Waals surface area (Å²) in [4.78, 5) is 23.5. The van der Waals surface area contributed by atoms with Gasteiger partial charge in [-0.25, -0.2) is 0 Å². The summed E-state index contributed by atoms with van der Waals surface area (Å²) in [5.74, 6) is -0.0374. The average molecular weight is 344 g/mol. The van der Waals surface area contributed by atoms with Crippen molar-refractivity contribution in [2.24, 2.45) is 11.7 Å². The third-order valence-electron chi connectivity index (χ3n) is 4.95. The summed E-state index contributed by atoms with van der Waals surface area (Å²) in [7, 11) is 0. The normalized spacial score (nSPS) is 18.5. The minimum atomic E-state index is -0.363. The molecule has 1 aliphatic carbocycles. The Morgan fingerprint density at radius 1 is 0.962 bits per heavy atom. The van der Waals surface area contributed by atoms with Gasteiger partial charge in [0.25, 0.3) is 0 Å². The van der Waals surface area contributed by atoms with Crippen LogP contribution < -0.4 is 11.1 Å². The van der Waals surface area contributed by atoms with E-state index in [4.69, 9.17) is 5.73 Å². The van der Waals surface area contributed by atoms with E-state index in [1.165, 1.54) is 16.3 Å². The molecule has 2 atom stereocenters. The Balaban J connectivity index is 1.45. The second kappa shape index (κ2) is 6.64. The van der Waals surface area contributed by atoms with Gasteiger partial charge in [0.2, 0.25) is 11.8 Å². The highest BCUT2D eigenvalue weighted by Gasteiger charge is 2.44. The lowest BCUT2D eigenvalue weighted by atomic mass is 10.00. The molecule has 1 aliphatic rings. The number of carbonyl (C=O) groups is 2. The van der Waals surface area contributed by atoms with Crippen LogP contribution in [0.2, 0.25) is 0 Å². The van der Waals surface area contributed by atoms with Gasteiger partial charge in [-0.3, -0.25) is 9.59 Å². The fourth-order valence-electron chi connectivity index (χ4n) is 3.54. The highest BCUT2D eigenvalue weighted by Crippen LogP contribution is 2.49. The summed E-state index contributed by atoms with van der Waals surface area (Å²) in [6, 6.07) is 21.8. The molecule has 1 saturated carbocycles. The standard InChI is InChI=1S/C22H20N2O2/c23-21(25)12-14-8-10-16(11-9-14)24-22(26)20-13-19(20)18-7-3-5-15-4-1-2-6-17(15)18/h1-11,19-20H,12-13H2,(H2,23,25)(H,24,26)/t19-,20+/m0/s1. The fourth-order valence-corrected chi connectivity index (χ4v) is 3.54. The van der Waals surface area contributed by atoms with Crippen molar-refractivity contribution >= 4 is 28.3 Å². The van der Waals surface area contributed by atoms with Crippen LogP contribution in [-0.2, 0) is 16.0 Å². The summed E-state index contributed by atoms with van der Waals surface area (Å²) in [6.45, 7) is 0. The molecule has 3 aromatic rings. The zero-order chi connectivity index (χ0) is 18.1. The molecule has 4 nitrogen and oxygen atoms in total. The Hall–Kier alpha value is -3.14. The van der Waals surface area contributed by atoms with Crippen LogP contribution in [0, 0.1) is 5.92 Å². The van der Waals surface area contributed by atoms with E-state index in [1.807, 2.05) is 36.4 Å². The van der Waals surface area contributed by atoms with E-state index in [0.717, 1.165) is 17.7 Å². The van der Waals surface area contributed by atoms with Crippen molar-refractivity contribution in [1.29, 1.82) is 0 Å². The zero-order valence-electron chi connectivity index (χ0n) is 14.3. The van der Waals surface area contributed by atoms with Crippen LogP contribution in [0.25, 0.3) is 10.8 Å². The number of fused-ring (bicyclic) bond motifs is 1. The fraction of sp³-hybridized carbons (Fsp3) is 0.182. The number of nitrogens with two attached hydrogens (primary N) is 1. The van der Waals surface area contributed by atoms with Crippen molar-refractivity contribution in [2.45, 2.75) is 18.8 Å². The Morgan fingerprint density at radius 3 is 2.46 bits per heavy atom. The first-order chi connectivity index (χ1) is 12.6. The molecule has 4 rings (SSSR count). The third-order valence-corrected chi connectivity index (χ3v) is 4.95. The van der Waals surface area contributed by atoms with Gasteiger partial charge >= 0.3 is 0 Å². The lowest BCUT2D eigenvalue weighted by Crippen LogP contribution is -2.15. The SMILES string of the molecule is NC(=O)Cc1ccc(NC(=O)[C@@H]2C[C@H]2c2cccc3ccccc23)cc1. The first-order valence-electron chi connectivity index (χ1n) is 8.77. The summed E-state index contributed by atoms with van der Waals surface area (Å²) in [5.41, 5.74) is 8.03. The zero-order valence-corrected chi connectivity index (χ0v) is 14.3. The van der Waals surface area contributed by atoms with Crippen molar-refractivity contribution in [1.82, 2.24) is 0 Å². The van der Waals surface area contributed by atoms with Crippen LogP contribution in [0.5, 0.6) is 0 Å². The molecule has 0 aromatic heterocycles. The Morgan fingerprint density at radius 2 is 1.69 bits per heavy atom. The van der Waals surface area contributed by atoms with Crippen LogP contribution >= 0.6 is 0 Å². The molecule has 0 heterocycles. The predicted molar refractivity (Wildman–Crippen MR) is 103 cm³/mol. The van der Waals surface area contributed by atoms with Crippen LogP contribution in [0.1, 0.15) is 23.5 Å². The lowest BCUT2D eigenvalue weighted by Gasteiger charge is -2.08. The van der Waals surface area contributed by atoms with Crippen LogP contribution in [-0.4, -0.2) is 11.8 Å².